The molecule has 1 amide bonds. The van der Waals surface area contributed by atoms with E-state index in [-0.39, 0.29) is 4.21 Å². The molecule has 2 aromatic heterocycles. The molecule has 114 valence electrons. The van der Waals surface area contributed by atoms with Crippen molar-refractivity contribution in [1.82, 2.24) is 9.71 Å². The largest absolute Gasteiger partial charge is 0.275 e. The second-order valence-corrected chi connectivity index (χ2v) is 9.17. The Labute approximate surface area is 132 Å². The number of hydrogen-bond acceptors (Lipinski definition) is 6. The predicted octanol–water partition coefficient (Wildman–Crippen LogP) is 2.60. The molecule has 8 heteroatoms. The molecule has 0 unspecified atom stereocenters. The Hall–Kier alpha value is -1.25. The fourth-order valence-electron chi connectivity index (χ4n) is 1.80. The molecule has 0 atom stereocenters. The van der Waals surface area contributed by atoms with Gasteiger partial charge in [-0.25, -0.2) is 18.1 Å². The summed E-state index contributed by atoms with van der Waals surface area (Å²) in [4.78, 5) is 17.3. The third-order valence-electron chi connectivity index (χ3n) is 3.04. The second-order valence-electron chi connectivity index (χ2n) is 5.14. The third-order valence-corrected chi connectivity index (χ3v) is 7.24. The van der Waals surface area contributed by atoms with Gasteiger partial charge in [0.15, 0.2) is 4.21 Å². The summed E-state index contributed by atoms with van der Waals surface area (Å²) in [5, 5.41) is 2.51. The van der Waals surface area contributed by atoms with Crippen LogP contribution in [-0.4, -0.2) is 19.3 Å². The minimum atomic E-state index is -3.88. The summed E-state index contributed by atoms with van der Waals surface area (Å²) < 4.78 is 26.9. The number of amides is 1. The Morgan fingerprint density at radius 1 is 1.33 bits per heavy atom. The van der Waals surface area contributed by atoms with Crippen molar-refractivity contribution in [2.24, 2.45) is 0 Å². The van der Waals surface area contributed by atoms with Gasteiger partial charge in [-0.2, -0.15) is 0 Å². The fourth-order valence-corrected chi connectivity index (χ4v) is 5.25. The smallest absolute Gasteiger partial charge is 0.273 e. The highest BCUT2D eigenvalue weighted by molar-refractivity contribution is 7.92. The molecule has 0 fully saturated rings. The average Bonchev–Trinajstić information content (AvgIpc) is 2.98. The minimum absolute atomic E-state index is 0.0929. The molecule has 0 aliphatic heterocycles. The van der Waals surface area contributed by atoms with E-state index in [9.17, 15) is 13.2 Å². The van der Waals surface area contributed by atoms with Crippen molar-refractivity contribution in [2.45, 2.75) is 37.3 Å². The zero-order valence-corrected chi connectivity index (χ0v) is 14.6. The van der Waals surface area contributed by atoms with E-state index >= 15 is 0 Å². The molecule has 2 heterocycles. The quantitative estimate of drug-likeness (QED) is 0.925. The Bertz CT molecular complexity index is 759. The summed E-state index contributed by atoms with van der Waals surface area (Å²) in [7, 11) is -3.88. The van der Waals surface area contributed by atoms with Gasteiger partial charge in [0, 0.05) is 4.88 Å². The number of carbonyl (C=O) groups is 1. The summed E-state index contributed by atoms with van der Waals surface area (Å²) in [6.07, 6.45) is 0. The molecular weight excluding hydrogens is 328 g/mol. The van der Waals surface area contributed by atoms with Gasteiger partial charge in [-0.3, -0.25) is 4.79 Å². The Morgan fingerprint density at radius 3 is 2.48 bits per heavy atom. The van der Waals surface area contributed by atoms with Crippen molar-refractivity contribution in [1.29, 1.82) is 0 Å². The van der Waals surface area contributed by atoms with Crippen LogP contribution in [0.15, 0.2) is 21.7 Å². The number of rotatable bonds is 4. The average molecular weight is 344 g/mol. The number of thiazole rings is 1. The number of sulfonamides is 1. The molecule has 0 aliphatic carbocycles. The van der Waals surface area contributed by atoms with Gasteiger partial charge in [0.05, 0.1) is 16.1 Å². The second kappa shape index (κ2) is 5.51. The number of thiophene rings is 1. The summed E-state index contributed by atoms with van der Waals surface area (Å²) in [6, 6.07) is 3.65. The summed E-state index contributed by atoms with van der Waals surface area (Å²) in [5.74, 6) is -0.546. The lowest BCUT2D eigenvalue weighted by Crippen LogP contribution is -2.42. The van der Waals surface area contributed by atoms with Crippen molar-refractivity contribution in [3.8, 4) is 0 Å². The van der Waals surface area contributed by atoms with Crippen LogP contribution in [0.1, 0.15) is 29.4 Å². The van der Waals surface area contributed by atoms with E-state index in [0.29, 0.717) is 10.7 Å². The fraction of sp³-hybridized carbons (Fsp3) is 0.385. The van der Waals surface area contributed by atoms with E-state index < -0.39 is 21.3 Å². The van der Waals surface area contributed by atoms with Crippen molar-refractivity contribution >= 4 is 38.6 Å². The molecule has 0 bridgehead atoms. The molecule has 0 aromatic carbocycles. The van der Waals surface area contributed by atoms with Gasteiger partial charge in [0.25, 0.3) is 10.0 Å². The van der Waals surface area contributed by atoms with Crippen molar-refractivity contribution < 1.29 is 13.2 Å². The Balaban J connectivity index is 2.29. The van der Waals surface area contributed by atoms with Crippen LogP contribution in [0.4, 0.5) is 0 Å². The lowest BCUT2D eigenvalue weighted by Gasteiger charge is -2.21. The molecule has 0 radical (unpaired) electrons. The topological polar surface area (TPSA) is 76.1 Å². The number of nitrogens with one attached hydrogen (secondary N) is 1. The normalized spacial score (nSPS) is 12.4. The van der Waals surface area contributed by atoms with E-state index in [1.54, 1.807) is 27.7 Å². The lowest BCUT2D eigenvalue weighted by molar-refractivity contribution is -0.123. The maximum atomic E-state index is 12.4. The van der Waals surface area contributed by atoms with Crippen LogP contribution in [0.5, 0.6) is 0 Å². The minimum Gasteiger partial charge on any atom is -0.273 e. The number of hydrogen-bond donors (Lipinski definition) is 1. The summed E-state index contributed by atoms with van der Waals surface area (Å²) >= 11 is 2.48. The van der Waals surface area contributed by atoms with E-state index in [0.717, 1.165) is 16.2 Å². The van der Waals surface area contributed by atoms with E-state index in [1.165, 1.54) is 11.3 Å². The first-order valence-electron chi connectivity index (χ1n) is 6.20. The zero-order chi connectivity index (χ0) is 15.8. The maximum absolute atomic E-state index is 12.4. The van der Waals surface area contributed by atoms with Gasteiger partial charge in [-0.05, 0) is 39.1 Å². The van der Waals surface area contributed by atoms with Crippen LogP contribution < -0.4 is 4.72 Å². The van der Waals surface area contributed by atoms with Gasteiger partial charge in [-0.15, -0.1) is 22.7 Å². The number of aryl methyl sites for hydroxylation is 2. The van der Waals surface area contributed by atoms with Crippen LogP contribution in [0, 0.1) is 13.8 Å². The van der Waals surface area contributed by atoms with Crippen LogP contribution in [0.2, 0.25) is 0 Å². The number of aromatic nitrogens is 1. The molecule has 0 saturated heterocycles. The first-order chi connectivity index (χ1) is 9.64. The van der Waals surface area contributed by atoms with Crippen molar-refractivity contribution in [2.75, 3.05) is 0 Å². The molecule has 0 saturated carbocycles. The standard InChI is InChI=1S/C13H16N2O3S3/c1-8-11(20-9(2)14-8)21(17,18)15-12(16)13(3,4)10-6-5-7-19-10/h5-7H,1-4H3,(H,15,16). The van der Waals surface area contributed by atoms with E-state index in [1.807, 2.05) is 17.5 Å². The number of nitrogens with zero attached hydrogens (tertiary/aromatic N) is 1. The lowest BCUT2D eigenvalue weighted by atomic mass is 9.91. The molecule has 5 nitrogen and oxygen atoms in total. The molecule has 0 aliphatic rings. The van der Waals surface area contributed by atoms with Crippen LogP contribution >= 0.6 is 22.7 Å². The monoisotopic (exact) mass is 344 g/mol. The zero-order valence-electron chi connectivity index (χ0n) is 12.1. The SMILES string of the molecule is Cc1nc(C)c(S(=O)(=O)NC(=O)C(C)(C)c2cccs2)s1. The van der Waals surface area contributed by atoms with Gasteiger partial charge >= 0.3 is 0 Å². The van der Waals surface area contributed by atoms with Gasteiger partial charge < -0.3 is 0 Å². The third kappa shape index (κ3) is 3.17. The van der Waals surface area contributed by atoms with E-state index in [2.05, 4.69) is 9.71 Å². The summed E-state index contributed by atoms with van der Waals surface area (Å²) in [5.41, 5.74) is -0.499. The molecule has 1 N–H and O–H groups in total. The molecule has 2 rings (SSSR count). The highest BCUT2D eigenvalue weighted by Gasteiger charge is 2.35. The summed E-state index contributed by atoms with van der Waals surface area (Å²) in [6.45, 7) is 6.75. The first-order valence-corrected chi connectivity index (χ1v) is 9.38. The van der Waals surface area contributed by atoms with Crippen molar-refractivity contribution in [3.05, 3.63) is 33.1 Å². The first kappa shape index (κ1) is 16.1. The van der Waals surface area contributed by atoms with Crippen LogP contribution in [0.3, 0.4) is 0 Å². The maximum Gasteiger partial charge on any atom is 0.275 e. The molecule has 2 aromatic rings. The van der Waals surface area contributed by atoms with Gasteiger partial charge in [0.1, 0.15) is 0 Å². The van der Waals surface area contributed by atoms with Gasteiger partial charge in [0.2, 0.25) is 5.91 Å². The highest BCUT2D eigenvalue weighted by atomic mass is 32.2. The van der Waals surface area contributed by atoms with Gasteiger partial charge in [-0.1, -0.05) is 6.07 Å². The molecule has 0 spiro atoms. The molecule has 21 heavy (non-hydrogen) atoms. The predicted molar refractivity (Wildman–Crippen MR) is 84.3 cm³/mol. The van der Waals surface area contributed by atoms with E-state index in [4.69, 9.17) is 0 Å². The Morgan fingerprint density at radius 2 is 2.00 bits per heavy atom. The number of carbonyl (C=O) groups excluding carboxylic acids is 1. The van der Waals surface area contributed by atoms with Crippen molar-refractivity contribution in [3.63, 3.8) is 0 Å². The van der Waals surface area contributed by atoms with Crippen LogP contribution in [0.25, 0.3) is 0 Å². The molecular formula is C13H16N2O3S3. The van der Waals surface area contributed by atoms with Crippen LogP contribution in [-0.2, 0) is 20.2 Å². The highest BCUT2D eigenvalue weighted by Crippen LogP contribution is 2.29. The Kier molecular flexibility index (Phi) is 4.23.